The summed E-state index contributed by atoms with van der Waals surface area (Å²) < 4.78 is 4.63. The molecule has 0 saturated carbocycles. The van der Waals surface area contributed by atoms with Gasteiger partial charge < -0.3 is 4.74 Å². The van der Waals surface area contributed by atoms with E-state index in [0.29, 0.717) is 11.4 Å². The van der Waals surface area contributed by atoms with Gasteiger partial charge in [-0.15, -0.1) is 11.6 Å². The average molecular weight is 199 g/mol. The number of rotatable bonds is 2. The Kier molecular flexibility index (Phi) is 3.32. The Labute approximate surface area is 82.5 Å². The second-order valence-electron chi connectivity index (χ2n) is 2.77. The number of carbonyl (C=O) groups is 1. The van der Waals surface area contributed by atoms with Crippen LogP contribution in [0.2, 0.25) is 0 Å². The molecule has 0 aliphatic rings. The number of benzene rings is 1. The van der Waals surface area contributed by atoms with Gasteiger partial charge in [0.2, 0.25) is 0 Å². The molecule has 13 heavy (non-hydrogen) atoms. The highest BCUT2D eigenvalue weighted by Crippen LogP contribution is 2.13. The minimum atomic E-state index is -0.315. The largest absolute Gasteiger partial charge is 0.465 e. The normalized spacial score (nSPS) is 9.77. The first kappa shape index (κ1) is 10.1. The molecule has 3 heteroatoms. The number of aryl methyl sites for hydroxylation is 1. The lowest BCUT2D eigenvalue weighted by molar-refractivity contribution is 0.0600. The van der Waals surface area contributed by atoms with Gasteiger partial charge in [-0.25, -0.2) is 4.79 Å². The van der Waals surface area contributed by atoms with Crippen molar-refractivity contribution in [3.8, 4) is 0 Å². The predicted molar refractivity (Wildman–Crippen MR) is 52.1 cm³/mol. The lowest BCUT2D eigenvalue weighted by Gasteiger charge is -2.04. The summed E-state index contributed by atoms with van der Waals surface area (Å²) in [6.07, 6.45) is 0. The van der Waals surface area contributed by atoms with Gasteiger partial charge in [0.1, 0.15) is 0 Å². The number of hydrogen-bond acceptors (Lipinski definition) is 2. The summed E-state index contributed by atoms with van der Waals surface area (Å²) >= 11 is 5.65. The van der Waals surface area contributed by atoms with Gasteiger partial charge in [-0.3, -0.25) is 0 Å². The van der Waals surface area contributed by atoms with Crippen LogP contribution < -0.4 is 0 Å². The van der Waals surface area contributed by atoms with Crippen LogP contribution in [-0.4, -0.2) is 13.1 Å². The molecule has 0 N–H and O–H groups in total. The molecule has 2 nitrogen and oxygen atoms in total. The van der Waals surface area contributed by atoms with Crippen LogP contribution in [0.4, 0.5) is 0 Å². The first-order valence-electron chi connectivity index (χ1n) is 3.93. The molecule has 0 unspecified atom stereocenters. The van der Waals surface area contributed by atoms with E-state index in [2.05, 4.69) is 4.74 Å². The molecule has 1 aromatic rings. The minimum absolute atomic E-state index is 0.315. The topological polar surface area (TPSA) is 26.3 Å². The molecule has 0 fully saturated rings. The number of hydrogen-bond donors (Lipinski definition) is 0. The van der Waals surface area contributed by atoms with Crippen LogP contribution in [0.5, 0.6) is 0 Å². The number of esters is 1. The van der Waals surface area contributed by atoms with Gasteiger partial charge >= 0.3 is 5.97 Å². The molecule has 0 bridgehead atoms. The van der Waals surface area contributed by atoms with E-state index in [9.17, 15) is 4.79 Å². The standard InChI is InChI=1S/C10H11ClO2/c1-7-3-4-8(6-11)5-9(7)10(12)13-2/h3-5H,6H2,1-2H3. The predicted octanol–water partition coefficient (Wildman–Crippen LogP) is 2.52. The molecule has 1 aromatic carbocycles. The lowest BCUT2D eigenvalue weighted by Crippen LogP contribution is -2.04. The Morgan fingerprint density at radius 2 is 2.23 bits per heavy atom. The summed E-state index contributed by atoms with van der Waals surface area (Å²) in [5, 5.41) is 0. The van der Waals surface area contributed by atoms with E-state index >= 15 is 0 Å². The highest BCUT2D eigenvalue weighted by Gasteiger charge is 2.08. The van der Waals surface area contributed by atoms with Crippen LogP contribution in [0.3, 0.4) is 0 Å². The Morgan fingerprint density at radius 3 is 2.77 bits per heavy atom. The SMILES string of the molecule is COC(=O)c1cc(CCl)ccc1C. The number of methoxy groups -OCH3 is 1. The van der Waals surface area contributed by atoms with E-state index in [1.807, 2.05) is 19.1 Å². The average Bonchev–Trinajstić information content (AvgIpc) is 2.17. The fourth-order valence-electron chi connectivity index (χ4n) is 1.08. The summed E-state index contributed by atoms with van der Waals surface area (Å²) in [5.74, 6) is 0.0917. The van der Waals surface area contributed by atoms with Gasteiger partial charge in [0.25, 0.3) is 0 Å². The lowest BCUT2D eigenvalue weighted by atomic mass is 10.1. The van der Waals surface area contributed by atoms with Gasteiger partial charge in [-0.2, -0.15) is 0 Å². The van der Waals surface area contributed by atoms with Crippen LogP contribution in [0.25, 0.3) is 0 Å². The summed E-state index contributed by atoms with van der Waals surface area (Å²) in [7, 11) is 1.37. The van der Waals surface area contributed by atoms with E-state index in [1.54, 1.807) is 6.07 Å². The van der Waals surface area contributed by atoms with Crippen molar-refractivity contribution in [2.75, 3.05) is 7.11 Å². The maximum atomic E-state index is 11.2. The Bertz CT molecular complexity index is 321. The van der Waals surface area contributed by atoms with Crippen molar-refractivity contribution in [3.05, 3.63) is 34.9 Å². The molecular formula is C10H11ClO2. The van der Waals surface area contributed by atoms with Crippen molar-refractivity contribution in [2.24, 2.45) is 0 Å². The van der Waals surface area contributed by atoms with E-state index in [-0.39, 0.29) is 5.97 Å². The first-order chi connectivity index (χ1) is 6.19. The maximum Gasteiger partial charge on any atom is 0.338 e. The molecule has 0 atom stereocenters. The first-order valence-corrected chi connectivity index (χ1v) is 4.46. The third-order valence-electron chi connectivity index (χ3n) is 1.86. The molecule has 0 amide bonds. The number of halogens is 1. The van der Waals surface area contributed by atoms with Gasteiger partial charge in [0.15, 0.2) is 0 Å². The van der Waals surface area contributed by atoms with Crippen LogP contribution >= 0.6 is 11.6 Å². The number of alkyl halides is 1. The molecule has 0 radical (unpaired) electrons. The third-order valence-corrected chi connectivity index (χ3v) is 2.17. The quantitative estimate of drug-likeness (QED) is 0.539. The Morgan fingerprint density at radius 1 is 1.54 bits per heavy atom. The maximum absolute atomic E-state index is 11.2. The molecule has 1 rings (SSSR count). The highest BCUT2D eigenvalue weighted by atomic mass is 35.5. The fraction of sp³-hybridized carbons (Fsp3) is 0.300. The fourth-order valence-corrected chi connectivity index (χ4v) is 1.25. The molecule has 70 valence electrons. The van der Waals surface area contributed by atoms with Crippen LogP contribution in [-0.2, 0) is 10.6 Å². The Balaban J connectivity index is 3.11. The second-order valence-corrected chi connectivity index (χ2v) is 3.04. The zero-order valence-corrected chi connectivity index (χ0v) is 8.39. The van der Waals surface area contributed by atoms with E-state index in [4.69, 9.17) is 11.6 Å². The van der Waals surface area contributed by atoms with Crippen molar-refractivity contribution < 1.29 is 9.53 Å². The van der Waals surface area contributed by atoms with Crippen molar-refractivity contribution in [3.63, 3.8) is 0 Å². The smallest absolute Gasteiger partial charge is 0.338 e. The number of carbonyl (C=O) groups excluding carboxylic acids is 1. The van der Waals surface area contributed by atoms with Crippen LogP contribution in [0.15, 0.2) is 18.2 Å². The van der Waals surface area contributed by atoms with Crippen LogP contribution in [0, 0.1) is 6.92 Å². The molecule has 0 saturated heterocycles. The van der Waals surface area contributed by atoms with Crippen molar-refractivity contribution >= 4 is 17.6 Å². The minimum Gasteiger partial charge on any atom is -0.465 e. The van der Waals surface area contributed by atoms with E-state index < -0.39 is 0 Å². The van der Waals surface area contributed by atoms with E-state index in [1.165, 1.54) is 7.11 Å². The second kappa shape index (κ2) is 4.28. The zero-order chi connectivity index (χ0) is 9.84. The summed E-state index contributed by atoms with van der Waals surface area (Å²) in [4.78, 5) is 11.2. The van der Waals surface area contributed by atoms with Crippen molar-refractivity contribution in [2.45, 2.75) is 12.8 Å². The Hall–Kier alpha value is -1.02. The monoisotopic (exact) mass is 198 g/mol. The van der Waals surface area contributed by atoms with Crippen molar-refractivity contribution in [1.82, 2.24) is 0 Å². The molecule has 0 aliphatic heterocycles. The molecule has 0 spiro atoms. The molecular weight excluding hydrogens is 188 g/mol. The molecule has 0 aromatic heterocycles. The van der Waals surface area contributed by atoms with Gasteiger partial charge in [0, 0.05) is 5.88 Å². The third kappa shape index (κ3) is 2.22. The zero-order valence-electron chi connectivity index (χ0n) is 7.63. The van der Waals surface area contributed by atoms with E-state index in [0.717, 1.165) is 11.1 Å². The summed E-state index contributed by atoms with van der Waals surface area (Å²) in [6.45, 7) is 1.87. The summed E-state index contributed by atoms with van der Waals surface area (Å²) in [5.41, 5.74) is 2.41. The molecule has 0 aliphatic carbocycles. The number of ether oxygens (including phenoxy) is 1. The molecule has 0 heterocycles. The van der Waals surface area contributed by atoms with Crippen molar-refractivity contribution in [1.29, 1.82) is 0 Å². The van der Waals surface area contributed by atoms with Gasteiger partial charge in [0.05, 0.1) is 12.7 Å². The van der Waals surface area contributed by atoms with Gasteiger partial charge in [-0.05, 0) is 24.1 Å². The van der Waals surface area contributed by atoms with Gasteiger partial charge in [-0.1, -0.05) is 12.1 Å². The summed E-state index contributed by atoms with van der Waals surface area (Å²) in [6, 6.07) is 5.52. The highest BCUT2D eigenvalue weighted by molar-refractivity contribution is 6.17. The van der Waals surface area contributed by atoms with Crippen LogP contribution in [0.1, 0.15) is 21.5 Å².